The van der Waals surface area contributed by atoms with E-state index in [9.17, 15) is 0 Å². The number of nitrogens with zero attached hydrogens (tertiary/aromatic N) is 1. The normalized spacial score (nSPS) is 18.9. The molecule has 1 aliphatic heterocycles. The molecule has 1 aliphatic rings. The summed E-state index contributed by atoms with van der Waals surface area (Å²) in [7, 11) is 0. The molecule has 1 aromatic carbocycles. The third-order valence-corrected chi connectivity index (χ3v) is 5.02. The standard InChI is InChI=1S/C15H17BrN2S/c1-10-4-5-11(16)7-14(10)15-18-13(9-19-15)8-12-3-2-6-17-12/h4-5,7,9,12,17H,2-3,6,8H2,1H3. The number of nitrogens with one attached hydrogen (secondary N) is 1. The van der Waals surface area contributed by atoms with E-state index in [2.05, 4.69) is 51.7 Å². The van der Waals surface area contributed by atoms with Gasteiger partial charge in [-0.2, -0.15) is 0 Å². The second kappa shape index (κ2) is 5.73. The van der Waals surface area contributed by atoms with Gasteiger partial charge in [-0.05, 0) is 44.0 Å². The number of hydrogen-bond donors (Lipinski definition) is 1. The number of hydrogen-bond acceptors (Lipinski definition) is 3. The largest absolute Gasteiger partial charge is 0.314 e. The maximum absolute atomic E-state index is 4.80. The molecule has 0 aliphatic carbocycles. The summed E-state index contributed by atoms with van der Waals surface area (Å²) in [5.41, 5.74) is 3.74. The zero-order valence-electron chi connectivity index (χ0n) is 10.9. The minimum atomic E-state index is 0.624. The van der Waals surface area contributed by atoms with Crippen LogP contribution in [0, 0.1) is 6.92 Å². The summed E-state index contributed by atoms with van der Waals surface area (Å²) in [5, 5.41) is 6.87. The van der Waals surface area contributed by atoms with Gasteiger partial charge < -0.3 is 5.32 Å². The first-order valence-electron chi connectivity index (χ1n) is 6.67. The second-order valence-corrected chi connectivity index (χ2v) is 6.87. The van der Waals surface area contributed by atoms with Gasteiger partial charge in [-0.25, -0.2) is 4.98 Å². The van der Waals surface area contributed by atoms with E-state index in [1.165, 1.54) is 29.7 Å². The molecule has 0 amide bonds. The van der Waals surface area contributed by atoms with E-state index in [0.29, 0.717) is 6.04 Å². The zero-order chi connectivity index (χ0) is 13.2. The fourth-order valence-electron chi connectivity index (χ4n) is 2.53. The average molecular weight is 337 g/mol. The Morgan fingerprint density at radius 1 is 1.47 bits per heavy atom. The van der Waals surface area contributed by atoms with Gasteiger partial charge >= 0.3 is 0 Å². The Bertz CT molecular complexity index is 573. The van der Waals surface area contributed by atoms with Crippen molar-refractivity contribution in [2.45, 2.75) is 32.2 Å². The van der Waals surface area contributed by atoms with Crippen molar-refractivity contribution in [1.29, 1.82) is 0 Å². The Kier molecular flexibility index (Phi) is 4.01. The number of aromatic nitrogens is 1. The van der Waals surface area contributed by atoms with E-state index >= 15 is 0 Å². The van der Waals surface area contributed by atoms with Crippen molar-refractivity contribution in [1.82, 2.24) is 10.3 Å². The topological polar surface area (TPSA) is 24.9 Å². The number of halogens is 1. The van der Waals surface area contributed by atoms with Crippen molar-refractivity contribution in [2.75, 3.05) is 6.54 Å². The fraction of sp³-hybridized carbons (Fsp3) is 0.400. The summed E-state index contributed by atoms with van der Waals surface area (Å²) in [5.74, 6) is 0. The Hall–Kier alpha value is -0.710. The van der Waals surface area contributed by atoms with Gasteiger partial charge in [0.1, 0.15) is 5.01 Å². The maximum Gasteiger partial charge on any atom is 0.123 e. The highest BCUT2D eigenvalue weighted by molar-refractivity contribution is 9.10. The number of benzene rings is 1. The smallest absolute Gasteiger partial charge is 0.123 e. The minimum absolute atomic E-state index is 0.624. The maximum atomic E-state index is 4.80. The van der Waals surface area contributed by atoms with Crippen molar-refractivity contribution in [2.24, 2.45) is 0 Å². The molecule has 0 spiro atoms. The molecule has 0 bridgehead atoms. The molecule has 19 heavy (non-hydrogen) atoms. The molecule has 2 aromatic rings. The lowest BCUT2D eigenvalue weighted by Crippen LogP contribution is -2.23. The van der Waals surface area contributed by atoms with E-state index in [1.54, 1.807) is 11.3 Å². The highest BCUT2D eigenvalue weighted by Gasteiger charge is 2.16. The van der Waals surface area contributed by atoms with Crippen molar-refractivity contribution >= 4 is 27.3 Å². The quantitative estimate of drug-likeness (QED) is 0.909. The Balaban J connectivity index is 1.82. The van der Waals surface area contributed by atoms with E-state index in [1.807, 2.05) is 0 Å². The van der Waals surface area contributed by atoms with Crippen molar-refractivity contribution in [3.63, 3.8) is 0 Å². The van der Waals surface area contributed by atoms with Gasteiger partial charge in [0.25, 0.3) is 0 Å². The highest BCUT2D eigenvalue weighted by atomic mass is 79.9. The van der Waals surface area contributed by atoms with E-state index in [0.717, 1.165) is 22.4 Å². The molecular weight excluding hydrogens is 320 g/mol. The Morgan fingerprint density at radius 2 is 2.37 bits per heavy atom. The molecule has 1 N–H and O–H groups in total. The Labute approximate surface area is 126 Å². The number of thiazole rings is 1. The van der Waals surface area contributed by atoms with Crippen molar-refractivity contribution in [3.8, 4) is 10.6 Å². The van der Waals surface area contributed by atoms with Crippen LogP contribution in [0.15, 0.2) is 28.1 Å². The van der Waals surface area contributed by atoms with Crippen LogP contribution >= 0.6 is 27.3 Å². The van der Waals surface area contributed by atoms with Gasteiger partial charge in [0.05, 0.1) is 5.69 Å². The molecule has 0 radical (unpaired) electrons. The average Bonchev–Trinajstić information content (AvgIpc) is 3.04. The molecule has 1 fully saturated rings. The molecule has 2 nitrogen and oxygen atoms in total. The molecule has 4 heteroatoms. The molecule has 3 rings (SSSR count). The van der Waals surface area contributed by atoms with Gasteiger partial charge in [0.15, 0.2) is 0 Å². The van der Waals surface area contributed by atoms with Crippen LogP contribution in [-0.2, 0) is 6.42 Å². The van der Waals surface area contributed by atoms with E-state index < -0.39 is 0 Å². The lowest BCUT2D eigenvalue weighted by atomic mass is 10.1. The SMILES string of the molecule is Cc1ccc(Br)cc1-c1nc(CC2CCCN2)cs1. The lowest BCUT2D eigenvalue weighted by molar-refractivity contribution is 0.597. The molecule has 0 saturated carbocycles. The monoisotopic (exact) mass is 336 g/mol. The highest BCUT2D eigenvalue weighted by Crippen LogP contribution is 2.30. The molecule has 1 atom stereocenters. The van der Waals surface area contributed by atoms with Crippen molar-refractivity contribution in [3.05, 3.63) is 39.3 Å². The number of rotatable bonds is 3. The second-order valence-electron chi connectivity index (χ2n) is 5.10. The Morgan fingerprint density at radius 3 is 3.16 bits per heavy atom. The van der Waals surface area contributed by atoms with Crippen LogP contribution in [0.2, 0.25) is 0 Å². The molecule has 2 heterocycles. The van der Waals surface area contributed by atoms with Crippen LogP contribution in [0.1, 0.15) is 24.1 Å². The van der Waals surface area contributed by atoms with Crippen LogP contribution < -0.4 is 5.32 Å². The predicted octanol–water partition coefficient (Wildman–Crippen LogP) is 4.18. The summed E-state index contributed by atoms with van der Waals surface area (Å²) in [4.78, 5) is 4.80. The first kappa shape index (κ1) is 13.3. The molecule has 1 saturated heterocycles. The van der Waals surface area contributed by atoms with Gasteiger partial charge in [-0.15, -0.1) is 11.3 Å². The third-order valence-electron chi connectivity index (χ3n) is 3.60. The van der Waals surface area contributed by atoms with Gasteiger partial charge in [-0.1, -0.05) is 22.0 Å². The molecule has 1 aromatic heterocycles. The van der Waals surface area contributed by atoms with Gasteiger partial charge in [0, 0.05) is 27.9 Å². The van der Waals surface area contributed by atoms with Gasteiger partial charge in [0.2, 0.25) is 0 Å². The number of aryl methyl sites for hydroxylation is 1. The molecule has 1 unspecified atom stereocenters. The minimum Gasteiger partial charge on any atom is -0.314 e. The summed E-state index contributed by atoms with van der Waals surface area (Å²) in [6.07, 6.45) is 3.64. The van der Waals surface area contributed by atoms with Gasteiger partial charge in [-0.3, -0.25) is 0 Å². The van der Waals surface area contributed by atoms with E-state index in [-0.39, 0.29) is 0 Å². The lowest BCUT2D eigenvalue weighted by Gasteiger charge is -2.07. The summed E-state index contributed by atoms with van der Waals surface area (Å²) >= 11 is 5.29. The van der Waals surface area contributed by atoms with E-state index in [4.69, 9.17) is 4.98 Å². The molecule has 100 valence electrons. The predicted molar refractivity (Wildman–Crippen MR) is 84.7 cm³/mol. The van der Waals surface area contributed by atoms with Crippen LogP contribution in [0.3, 0.4) is 0 Å². The first-order valence-corrected chi connectivity index (χ1v) is 8.34. The summed E-state index contributed by atoms with van der Waals surface area (Å²) < 4.78 is 1.11. The summed E-state index contributed by atoms with van der Waals surface area (Å²) in [6.45, 7) is 3.30. The van der Waals surface area contributed by atoms with Crippen LogP contribution in [0.4, 0.5) is 0 Å². The molecular formula is C15H17BrN2S. The third kappa shape index (κ3) is 3.07. The zero-order valence-corrected chi connectivity index (χ0v) is 13.4. The van der Waals surface area contributed by atoms with Crippen molar-refractivity contribution < 1.29 is 0 Å². The first-order chi connectivity index (χ1) is 9.22. The summed E-state index contributed by atoms with van der Waals surface area (Å²) in [6, 6.07) is 7.00. The fourth-order valence-corrected chi connectivity index (χ4v) is 3.81. The van der Waals surface area contributed by atoms with Crippen LogP contribution in [0.25, 0.3) is 10.6 Å². The van der Waals surface area contributed by atoms with Crippen LogP contribution in [-0.4, -0.2) is 17.6 Å². The van der Waals surface area contributed by atoms with Crippen LogP contribution in [0.5, 0.6) is 0 Å².